The van der Waals surface area contributed by atoms with Crippen molar-refractivity contribution < 1.29 is 18.7 Å². The van der Waals surface area contributed by atoms with E-state index in [1.165, 1.54) is 7.11 Å². The summed E-state index contributed by atoms with van der Waals surface area (Å²) in [5.74, 6) is 0.352. The molecule has 5 nitrogen and oxygen atoms in total. The minimum Gasteiger partial charge on any atom is -0.495 e. The molecule has 1 heterocycles. The molecule has 5 heteroatoms. The van der Waals surface area contributed by atoms with Crippen molar-refractivity contribution in [1.29, 1.82) is 0 Å². The topological polar surface area (TPSA) is 60.7 Å². The lowest BCUT2D eigenvalue weighted by atomic mass is 10.1. The van der Waals surface area contributed by atoms with Gasteiger partial charge in [-0.3, -0.25) is 0 Å². The zero-order chi connectivity index (χ0) is 16.4. The highest BCUT2D eigenvalue weighted by molar-refractivity contribution is 6.06. The van der Waals surface area contributed by atoms with Crippen molar-refractivity contribution in [2.45, 2.75) is 19.4 Å². The number of hydrogen-bond donors (Lipinski definition) is 1. The Kier molecular flexibility index (Phi) is 4.10. The van der Waals surface area contributed by atoms with Gasteiger partial charge in [0.15, 0.2) is 0 Å². The number of benzene rings is 2. The first kappa shape index (κ1) is 15.2. The Bertz CT molecular complexity index is 853. The van der Waals surface area contributed by atoms with Gasteiger partial charge >= 0.3 is 5.97 Å². The zero-order valence-electron chi connectivity index (χ0n) is 13.4. The number of carbonyl (C=O) groups excluding carboxylic acids is 1. The summed E-state index contributed by atoms with van der Waals surface area (Å²) in [6, 6.07) is 11.2. The molecule has 0 saturated heterocycles. The highest BCUT2D eigenvalue weighted by atomic mass is 16.5. The number of methoxy groups -OCH3 is 2. The van der Waals surface area contributed by atoms with Gasteiger partial charge in [-0.1, -0.05) is 25.1 Å². The Labute approximate surface area is 134 Å². The maximum Gasteiger partial charge on any atom is 0.328 e. The molecule has 0 spiro atoms. The van der Waals surface area contributed by atoms with Crippen LogP contribution in [-0.4, -0.2) is 26.2 Å². The molecule has 0 aliphatic rings. The first-order valence-corrected chi connectivity index (χ1v) is 7.51. The summed E-state index contributed by atoms with van der Waals surface area (Å²) >= 11 is 0. The molecule has 3 aromatic rings. The number of rotatable bonds is 5. The van der Waals surface area contributed by atoms with Gasteiger partial charge in [-0.25, -0.2) is 4.79 Å². The highest BCUT2D eigenvalue weighted by Gasteiger charge is 2.20. The molecule has 0 bridgehead atoms. The van der Waals surface area contributed by atoms with Crippen LogP contribution < -0.4 is 10.1 Å². The van der Waals surface area contributed by atoms with Gasteiger partial charge in [0.25, 0.3) is 0 Å². The van der Waals surface area contributed by atoms with E-state index in [4.69, 9.17) is 13.9 Å². The van der Waals surface area contributed by atoms with Gasteiger partial charge in [-0.2, -0.15) is 0 Å². The van der Waals surface area contributed by atoms with Crippen LogP contribution in [0.3, 0.4) is 0 Å². The number of ether oxygens (including phenoxy) is 2. The number of fused-ring (bicyclic) bond motifs is 3. The summed E-state index contributed by atoms with van der Waals surface area (Å²) < 4.78 is 16.2. The van der Waals surface area contributed by atoms with Crippen molar-refractivity contribution in [3.63, 3.8) is 0 Å². The first-order valence-electron chi connectivity index (χ1n) is 7.51. The number of para-hydroxylation sites is 1. The molecule has 0 amide bonds. The molecule has 1 N–H and O–H groups in total. The molecular formula is C18H19NO4. The van der Waals surface area contributed by atoms with E-state index in [2.05, 4.69) is 5.32 Å². The number of esters is 1. The number of furan rings is 1. The van der Waals surface area contributed by atoms with Gasteiger partial charge in [-0.15, -0.1) is 0 Å². The van der Waals surface area contributed by atoms with Crippen LogP contribution in [0.1, 0.15) is 13.3 Å². The maximum absolute atomic E-state index is 11.8. The Morgan fingerprint density at radius 2 is 1.96 bits per heavy atom. The fourth-order valence-electron chi connectivity index (χ4n) is 2.69. The predicted molar refractivity (Wildman–Crippen MR) is 90.0 cm³/mol. The first-order chi connectivity index (χ1) is 11.2. The molecule has 0 aliphatic heterocycles. The van der Waals surface area contributed by atoms with Crippen LogP contribution in [-0.2, 0) is 9.53 Å². The van der Waals surface area contributed by atoms with Gasteiger partial charge in [0, 0.05) is 16.8 Å². The quantitative estimate of drug-likeness (QED) is 0.722. The summed E-state index contributed by atoms with van der Waals surface area (Å²) in [5, 5.41) is 5.19. The smallest absolute Gasteiger partial charge is 0.328 e. The summed E-state index contributed by atoms with van der Waals surface area (Å²) in [5.41, 5.74) is 2.27. The normalized spacial score (nSPS) is 12.3. The second kappa shape index (κ2) is 6.20. The molecule has 120 valence electrons. The van der Waals surface area contributed by atoms with Crippen LogP contribution in [0.25, 0.3) is 21.9 Å². The molecule has 0 radical (unpaired) electrons. The number of anilines is 1. The van der Waals surface area contributed by atoms with E-state index in [0.717, 1.165) is 21.9 Å². The van der Waals surface area contributed by atoms with E-state index < -0.39 is 6.04 Å². The standard InChI is InChI=1S/C18H19NO4/c1-4-13(18(20)22-3)19-14-10-16-12(9-17(14)21-2)11-7-5-6-8-15(11)23-16/h5-10,13,19H,4H2,1-3H3/t13-/m0/s1. The second-order valence-corrected chi connectivity index (χ2v) is 5.28. The van der Waals surface area contributed by atoms with Gasteiger partial charge in [0.05, 0.1) is 19.9 Å². The average molecular weight is 313 g/mol. The van der Waals surface area contributed by atoms with Crippen LogP contribution in [0.2, 0.25) is 0 Å². The second-order valence-electron chi connectivity index (χ2n) is 5.28. The Morgan fingerprint density at radius 1 is 1.17 bits per heavy atom. The third-order valence-corrected chi connectivity index (χ3v) is 3.92. The maximum atomic E-state index is 11.8. The monoisotopic (exact) mass is 313 g/mol. The van der Waals surface area contributed by atoms with Gasteiger partial charge < -0.3 is 19.2 Å². The molecule has 0 saturated carbocycles. The van der Waals surface area contributed by atoms with E-state index in [-0.39, 0.29) is 5.97 Å². The zero-order valence-corrected chi connectivity index (χ0v) is 13.4. The van der Waals surface area contributed by atoms with Crippen LogP contribution in [0.5, 0.6) is 5.75 Å². The predicted octanol–water partition coefficient (Wildman–Crippen LogP) is 3.96. The molecule has 23 heavy (non-hydrogen) atoms. The largest absolute Gasteiger partial charge is 0.495 e. The van der Waals surface area contributed by atoms with Crippen molar-refractivity contribution in [3.8, 4) is 5.75 Å². The van der Waals surface area contributed by atoms with E-state index in [9.17, 15) is 4.79 Å². The van der Waals surface area contributed by atoms with E-state index in [1.807, 2.05) is 43.3 Å². The third-order valence-electron chi connectivity index (χ3n) is 3.92. The lowest BCUT2D eigenvalue weighted by Crippen LogP contribution is -2.29. The fourth-order valence-corrected chi connectivity index (χ4v) is 2.69. The summed E-state index contributed by atoms with van der Waals surface area (Å²) in [6.07, 6.45) is 0.605. The van der Waals surface area contributed by atoms with Crippen molar-refractivity contribution in [2.75, 3.05) is 19.5 Å². The van der Waals surface area contributed by atoms with Gasteiger partial charge in [0.2, 0.25) is 0 Å². The van der Waals surface area contributed by atoms with E-state index >= 15 is 0 Å². The molecule has 3 rings (SSSR count). The van der Waals surface area contributed by atoms with Crippen LogP contribution in [0.4, 0.5) is 5.69 Å². The molecule has 2 aromatic carbocycles. The SMILES string of the molecule is CC[C@H](Nc1cc2oc3ccccc3c2cc1OC)C(=O)OC. The van der Waals surface area contributed by atoms with E-state index in [0.29, 0.717) is 17.9 Å². The van der Waals surface area contributed by atoms with Gasteiger partial charge in [0.1, 0.15) is 23.0 Å². The minimum atomic E-state index is -0.435. The van der Waals surface area contributed by atoms with Crippen molar-refractivity contribution in [3.05, 3.63) is 36.4 Å². The van der Waals surface area contributed by atoms with Crippen LogP contribution in [0.15, 0.2) is 40.8 Å². The Hall–Kier alpha value is -2.69. The number of nitrogens with one attached hydrogen (secondary N) is 1. The molecule has 1 aromatic heterocycles. The lowest BCUT2D eigenvalue weighted by Gasteiger charge is -2.17. The van der Waals surface area contributed by atoms with Gasteiger partial charge in [-0.05, 0) is 18.6 Å². The minimum absolute atomic E-state index is 0.306. The summed E-state index contributed by atoms with van der Waals surface area (Å²) in [7, 11) is 2.99. The van der Waals surface area contributed by atoms with E-state index in [1.54, 1.807) is 7.11 Å². The van der Waals surface area contributed by atoms with Crippen LogP contribution >= 0.6 is 0 Å². The number of carbonyl (C=O) groups is 1. The Morgan fingerprint density at radius 3 is 2.65 bits per heavy atom. The average Bonchev–Trinajstić information content (AvgIpc) is 2.95. The molecule has 0 unspecified atom stereocenters. The molecular weight excluding hydrogens is 294 g/mol. The lowest BCUT2D eigenvalue weighted by molar-refractivity contribution is -0.141. The van der Waals surface area contributed by atoms with Crippen molar-refractivity contribution in [1.82, 2.24) is 0 Å². The molecule has 0 aliphatic carbocycles. The van der Waals surface area contributed by atoms with Crippen LogP contribution in [0, 0.1) is 0 Å². The summed E-state index contributed by atoms with van der Waals surface area (Å²) in [6.45, 7) is 1.92. The summed E-state index contributed by atoms with van der Waals surface area (Å²) in [4.78, 5) is 11.8. The number of hydrogen-bond acceptors (Lipinski definition) is 5. The highest BCUT2D eigenvalue weighted by Crippen LogP contribution is 2.36. The van der Waals surface area contributed by atoms with Crippen molar-refractivity contribution >= 4 is 33.6 Å². The van der Waals surface area contributed by atoms with Crippen molar-refractivity contribution in [2.24, 2.45) is 0 Å². The fraction of sp³-hybridized carbons (Fsp3) is 0.278. The molecule has 0 fully saturated rings. The molecule has 1 atom stereocenters. The third kappa shape index (κ3) is 2.70. The Balaban J connectivity index is 2.09.